The first-order valence-corrected chi connectivity index (χ1v) is 8.19. The number of aromatic nitrogens is 2. The summed E-state index contributed by atoms with van der Waals surface area (Å²) in [6.45, 7) is 1.35. The molecule has 4 rings (SSSR count). The maximum Gasteiger partial charge on any atom is 0.251 e. The molecule has 1 fully saturated rings. The minimum atomic E-state index is -0.0646. The molecule has 1 saturated heterocycles. The van der Waals surface area contributed by atoms with Crippen LogP contribution in [-0.2, 0) is 4.74 Å². The third kappa shape index (κ3) is 2.90. The van der Waals surface area contributed by atoms with Gasteiger partial charge in [-0.15, -0.1) is 0 Å². The topological polar surface area (TPSA) is 67.0 Å². The van der Waals surface area contributed by atoms with E-state index in [0.29, 0.717) is 18.0 Å². The zero-order chi connectivity index (χ0) is 16.4. The van der Waals surface area contributed by atoms with E-state index in [1.165, 1.54) is 5.56 Å². The van der Waals surface area contributed by atoms with Crippen LogP contribution >= 0.6 is 0 Å². The average Bonchev–Trinajstić information content (AvgIpc) is 3.28. The fourth-order valence-electron chi connectivity index (χ4n) is 3.26. The Hall–Kier alpha value is -2.66. The van der Waals surface area contributed by atoms with E-state index < -0.39 is 0 Å². The highest BCUT2D eigenvalue weighted by Gasteiger charge is 2.29. The number of hydrogen-bond acceptors (Lipinski definition) is 3. The van der Waals surface area contributed by atoms with E-state index in [9.17, 15) is 4.79 Å². The van der Waals surface area contributed by atoms with Crippen LogP contribution in [-0.4, -0.2) is 29.0 Å². The van der Waals surface area contributed by atoms with Gasteiger partial charge in [-0.3, -0.25) is 4.79 Å². The van der Waals surface area contributed by atoms with Gasteiger partial charge >= 0.3 is 0 Å². The van der Waals surface area contributed by atoms with Gasteiger partial charge in [0.05, 0.1) is 23.5 Å². The minimum Gasteiger partial charge on any atom is -0.373 e. The monoisotopic (exact) mass is 321 g/mol. The molecule has 122 valence electrons. The first-order valence-electron chi connectivity index (χ1n) is 8.19. The SMILES string of the molecule is O=C(NC[C@@H]1CCO[C@@H]1c1ccccc1)c1ccc2nc[nH]c2c1. The molecule has 5 heteroatoms. The zero-order valence-electron chi connectivity index (χ0n) is 13.2. The van der Waals surface area contributed by atoms with Crippen molar-refractivity contribution in [1.82, 2.24) is 15.3 Å². The summed E-state index contributed by atoms with van der Waals surface area (Å²) < 4.78 is 5.87. The second-order valence-corrected chi connectivity index (χ2v) is 6.10. The van der Waals surface area contributed by atoms with E-state index in [0.717, 1.165) is 24.1 Å². The molecule has 2 aromatic carbocycles. The zero-order valence-corrected chi connectivity index (χ0v) is 13.2. The van der Waals surface area contributed by atoms with Crippen molar-refractivity contribution in [3.05, 3.63) is 66.0 Å². The Morgan fingerprint density at radius 3 is 3.00 bits per heavy atom. The van der Waals surface area contributed by atoms with Crippen LogP contribution in [0.15, 0.2) is 54.9 Å². The fraction of sp³-hybridized carbons (Fsp3) is 0.263. The number of nitrogens with zero attached hydrogens (tertiary/aromatic N) is 1. The number of carbonyl (C=O) groups is 1. The standard InChI is InChI=1S/C19H19N3O2/c23-19(14-6-7-16-17(10-14)22-12-21-16)20-11-15-8-9-24-18(15)13-4-2-1-3-5-13/h1-7,10,12,15,18H,8-9,11H2,(H,20,23)(H,21,22)/t15-,18+/m0/s1. The number of hydrogen-bond donors (Lipinski definition) is 2. The van der Waals surface area contributed by atoms with E-state index in [1.807, 2.05) is 30.3 Å². The van der Waals surface area contributed by atoms with Crippen LogP contribution in [0.3, 0.4) is 0 Å². The second kappa shape index (κ2) is 6.45. The number of fused-ring (bicyclic) bond motifs is 1. The van der Waals surface area contributed by atoms with E-state index in [4.69, 9.17) is 4.74 Å². The lowest BCUT2D eigenvalue weighted by Crippen LogP contribution is -2.30. The predicted octanol–water partition coefficient (Wildman–Crippen LogP) is 3.07. The van der Waals surface area contributed by atoms with Crippen molar-refractivity contribution in [2.45, 2.75) is 12.5 Å². The van der Waals surface area contributed by atoms with Crippen molar-refractivity contribution < 1.29 is 9.53 Å². The molecule has 0 radical (unpaired) electrons. The number of H-pyrrole nitrogens is 1. The molecule has 2 N–H and O–H groups in total. The summed E-state index contributed by atoms with van der Waals surface area (Å²) >= 11 is 0. The molecule has 1 aromatic heterocycles. The van der Waals surface area contributed by atoms with E-state index in [1.54, 1.807) is 12.4 Å². The molecule has 0 bridgehead atoms. The smallest absolute Gasteiger partial charge is 0.251 e. The Labute approximate surface area is 140 Å². The van der Waals surface area contributed by atoms with E-state index in [2.05, 4.69) is 27.4 Å². The number of imidazole rings is 1. The third-order valence-electron chi connectivity index (χ3n) is 4.55. The Kier molecular flexibility index (Phi) is 4.01. The highest BCUT2D eigenvalue weighted by atomic mass is 16.5. The summed E-state index contributed by atoms with van der Waals surface area (Å²) in [7, 11) is 0. The van der Waals surface area contributed by atoms with Gasteiger partial charge in [-0.1, -0.05) is 30.3 Å². The Balaban J connectivity index is 1.43. The summed E-state index contributed by atoms with van der Waals surface area (Å²) in [6.07, 6.45) is 2.65. The molecule has 1 amide bonds. The van der Waals surface area contributed by atoms with Gasteiger partial charge in [0.2, 0.25) is 0 Å². The number of nitrogens with one attached hydrogen (secondary N) is 2. The number of carbonyl (C=O) groups excluding carboxylic acids is 1. The van der Waals surface area contributed by atoms with Gasteiger partial charge in [0.1, 0.15) is 0 Å². The molecule has 0 spiro atoms. The number of rotatable bonds is 4. The Morgan fingerprint density at radius 1 is 1.25 bits per heavy atom. The first-order chi connectivity index (χ1) is 11.8. The van der Waals surface area contributed by atoms with Crippen LogP contribution in [0.4, 0.5) is 0 Å². The molecule has 0 aliphatic carbocycles. The predicted molar refractivity (Wildman–Crippen MR) is 91.7 cm³/mol. The fourth-order valence-corrected chi connectivity index (χ4v) is 3.26. The lowest BCUT2D eigenvalue weighted by molar-refractivity contribution is 0.0846. The molecule has 2 heterocycles. The molecule has 1 aliphatic heterocycles. The Morgan fingerprint density at radius 2 is 2.12 bits per heavy atom. The number of benzene rings is 2. The van der Waals surface area contributed by atoms with Crippen molar-refractivity contribution in [3.8, 4) is 0 Å². The van der Waals surface area contributed by atoms with Crippen molar-refractivity contribution >= 4 is 16.9 Å². The number of ether oxygens (including phenoxy) is 1. The average molecular weight is 321 g/mol. The van der Waals surface area contributed by atoms with Crippen LogP contribution in [0.2, 0.25) is 0 Å². The van der Waals surface area contributed by atoms with Crippen LogP contribution in [0.5, 0.6) is 0 Å². The van der Waals surface area contributed by atoms with E-state index >= 15 is 0 Å². The van der Waals surface area contributed by atoms with Gasteiger partial charge in [0, 0.05) is 24.6 Å². The van der Waals surface area contributed by atoms with Gasteiger partial charge in [-0.25, -0.2) is 4.98 Å². The summed E-state index contributed by atoms with van der Waals surface area (Å²) in [6, 6.07) is 15.7. The molecular weight excluding hydrogens is 302 g/mol. The van der Waals surface area contributed by atoms with Gasteiger partial charge in [0.25, 0.3) is 5.91 Å². The molecule has 3 aromatic rings. The molecule has 24 heavy (non-hydrogen) atoms. The summed E-state index contributed by atoms with van der Waals surface area (Å²) in [5.74, 6) is 0.234. The lowest BCUT2D eigenvalue weighted by Gasteiger charge is -2.19. The molecular formula is C19H19N3O2. The van der Waals surface area contributed by atoms with Crippen molar-refractivity contribution in [1.29, 1.82) is 0 Å². The molecule has 0 saturated carbocycles. The summed E-state index contributed by atoms with van der Waals surface area (Å²) in [5.41, 5.74) is 3.55. The molecule has 2 atom stereocenters. The summed E-state index contributed by atoms with van der Waals surface area (Å²) in [4.78, 5) is 19.6. The van der Waals surface area contributed by atoms with E-state index in [-0.39, 0.29) is 12.0 Å². The van der Waals surface area contributed by atoms with Crippen molar-refractivity contribution in [2.24, 2.45) is 5.92 Å². The minimum absolute atomic E-state index is 0.0570. The molecule has 0 unspecified atom stereocenters. The van der Waals surface area contributed by atoms with Gasteiger partial charge in [0.15, 0.2) is 0 Å². The largest absolute Gasteiger partial charge is 0.373 e. The maximum atomic E-state index is 12.4. The summed E-state index contributed by atoms with van der Waals surface area (Å²) in [5, 5.41) is 3.04. The van der Waals surface area contributed by atoms with Gasteiger partial charge in [-0.05, 0) is 30.2 Å². The number of amides is 1. The Bertz CT molecular complexity index is 844. The molecule has 1 aliphatic rings. The maximum absolute atomic E-state index is 12.4. The van der Waals surface area contributed by atoms with Crippen molar-refractivity contribution in [3.63, 3.8) is 0 Å². The van der Waals surface area contributed by atoms with Gasteiger partial charge in [-0.2, -0.15) is 0 Å². The highest BCUT2D eigenvalue weighted by molar-refractivity contribution is 5.97. The van der Waals surface area contributed by atoms with Gasteiger partial charge < -0.3 is 15.0 Å². The van der Waals surface area contributed by atoms with Crippen molar-refractivity contribution in [2.75, 3.05) is 13.2 Å². The lowest BCUT2D eigenvalue weighted by atomic mass is 9.95. The van der Waals surface area contributed by atoms with Crippen LogP contribution in [0.1, 0.15) is 28.4 Å². The van der Waals surface area contributed by atoms with Crippen LogP contribution < -0.4 is 5.32 Å². The van der Waals surface area contributed by atoms with Crippen LogP contribution in [0, 0.1) is 5.92 Å². The second-order valence-electron chi connectivity index (χ2n) is 6.10. The number of aromatic amines is 1. The quantitative estimate of drug-likeness (QED) is 0.776. The normalized spacial score (nSPS) is 20.3. The highest BCUT2D eigenvalue weighted by Crippen LogP contribution is 2.33. The van der Waals surface area contributed by atoms with Crippen LogP contribution in [0.25, 0.3) is 11.0 Å². The third-order valence-corrected chi connectivity index (χ3v) is 4.55. The first kappa shape index (κ1) is 14.9. The molecule has 5 nitrogen and oxygen atoms in total.